The van der Waals surface area contributed by atoms with Crippen LogP contribution in [-0.2, 0) is 13.0 Å². The first-order chi connectivity index (χ1) is 18.5. The van der Waals surface area contributed by atoms with Crippen LogP contribution < -0.4 is 16.4 Å². The second kappa shape index (κ2) is 12.7. The minimum Gasteiger partial charge on any atom is -0.348 e. The van der Waals surface area contributed by atoms with Crippen molar-refractivity contribution in [2.75, 3.05) is 18.4 Å². The third kappa shape index (κ3) is 6.90. The predicted molar refractivity (Wildman–Crippen MR) is 155 cm³/mol. The summed E-state index contributed by atoms with van der Waals surface area (Å²) >= 11 is 1.41. The average molecular weight is 531 g/mol. The Hall–Kier alpha value is -3.00. The summed E-state index contributed by atoms with van der Waals surface area (Å²) in [5.41, 5.74) is 9.95. The van der Waals surface area contributed by atoms with Crippen molar-refractivity contribution in [2.24, 2.45) is 11.7 Å². The molecule has 2 heterocycles. The van der Waals surface area contributed by atoms with E-state index in [-0.39, 0.29) is 23.9 Å². The largest absolute Gasteiger partial charge is 0.348 e. The molecule has 1 saturated carbocycles. The number of rotatable bonds is 8. The van der Waals surface area contributed by atoms with Gasteiger partial charge in [0.15, 0.2) is 0 Å². The van der Waals surface area contributed by atoms with Crippen LogP contribution in [-0.4, -0.2) is 41.9 Å². The molecule has 7 heteroatoms. The molecule has 6 nitrogen and oxygen atoms in total. The standard InChI is InChI=1S/C31H38N4O2S/c32-26-9-4-5-10-27(26)33-30(36)24-12-13-25(28(20-24)34-31(37)29-11-6-18-38-29)21-35-16-14-23(15-17-35)19-22-7-2-1-3-8-22/h1-3,6-8,11-13,18,20,23,26-27H,4-5,9-10,14-17,19,21,32H2,(H,33,36)(H,34,37). The van der Waals surface area contributed by atoms with E-state index in [1.165, 1.54) is 16.9 Å². The molecule has 1 aromatic heterocycles. The number of nitrogens with one attached hydrogen (secondary N) is 2. The van der Waals surface area contributed by atoms with Gasteiger partial charge >= 0.3 is 0 Å². The first-order valence-electron chi connectivity index (χ1n) is 13.9. The van der Waals surface area contributed by atoms with Crippen LogP contribution in [0.1, 0.15) is 69.7 Å². The van der Waals surface area contributed by atoms with Crippen molar-refractivity contribution >= 4 is 28.8 Å². The van der Waals surface area contributed by atoms with Gasteiger partial charge in [-0.2, -0.15) is 0 Å². The highest BCUT2D eigenvalue weighted by Gasteiger charge is 2.25. The van der Waals surface area contributed by atoms with Crippen LogP contribution in [0.3, 0.4) is 0 Å². The normalized spacial score (nSPS) is 20.7. The third-order valence-electron chi connectivity index (χ3n) is 7.97. The molecule has 1 aliphatic heterocycles. The van der Waals surface area contributed by atoms with Gasteiger partial charge in [0.05, 0.1) is 4.88 Å². The molecule has 2 fully saturated rings. The lowest BCUT2D eigenvalue weighted by molar-refractivity contribution is 0.0920. The van der Waals surface area contributed by atoms with Gasteiger partial charge in [-0.3, -0.25) is 14.5 Å². The third-order valence-corrected chi connectivity index (χ3v) is 8.84. The van der Waals surface area contributed by atoms with Crippen molar-refractivity contribution in [2.45, 2.75) is 63.6 Å². The zero-order valence-electron chi connectivity index (χ0n) is 21.9. The lowest BCUT2D eigenvalue weighted by atomic mass is 9.90. The number of carbonyl (C=O) groups excluding carboxylic acids is 2. The summed E-state index contributed by atoms with van der Waals surface area (Å²) in [6.07, 6.45) is 7.50. The van der Waals surface area contributed by atoms with Crippen LogP contribution in [0.25, 0.3) is 0 Å². The maximum atomic E-state index is 13.1. The van der Waals surface area contributed by atoms with Crippen molar-refractivity contribution in [3.8, 4) is 0 Å². The molecule has 1 saturated heterocycles. The fourth-order valence-electron chi connectivity index (χ4n) is 5.69. The van der Waals surface area contributed by atoms with E-state index in [0.29, 0.717) is 22.0 Å². The molecule has 38 heavy (non-hydrogen) atoms. The fourth-order valence-corrected chi connectivity index (χ4v) is 6.31. The zero-order valence-corrected chi connectivity index (χ0v) is 22.7. The quantitative estimate of drug-likeness (QED) is 0.361. The minimum absolute atomic E-state index is 0.00253. The Bertz CT molecular complexity index is 1210. The number of hydrogen-bond donors (Lipinski definition) is 3. The Kier molecular flexibility index (Phi) is 8.89. The maximum Gasteiger partial charge on any atom is 0.265 e. The molecule has 0 radical (unpaired) electrons. The van der Waals surface area contributed by atoms with Gasteiger partial charge in [-0.1, -0.05) is 55.3 Å². The van der Waals surface area contributed by atoms with Gasteiger partial charge in [0.2, 0.25) is 0 Å². The smallest absolute Gasteiger partial charge is 0.265 e. The van der Waals surface area contributed by atoms with Crippen molar-refractivity contribution in [1.29, 1.82) is 0 Å². The van der Waals surface area contributed by atoms with E-state index in [9.17, 15) is 9.59 Å². The van der Waals surface area contributed by atoms with E-state index < -0.39 is 0 Å². The molecule has 2 atom stereocenters. The number of anilines is 1. The van der Waals surface area contributed by atoms with Gasteiger partial charge in [0, 0.05) is 29.9 Å². The summed E-state index contributed by atoms with van der Waals surface area (Å²) in [5, 5.41) is 8.12. The van der Waals surface area contributed by atoms with Crippen molar-refractivity contribution in [1.82, 2.24) is 10.2 Å². The Labute approximate surface area is 229 Å². The van der Waals surface area contributed by atoms with Crippen LogP contribution in [0, 0.1) is 5.92 Å². The van der Waals surface area contributed by atoms with Gasteiger partial charge < -0.3 is 16.4 Å². The number of thiophene rings is 1. The molecular weight excluding hydrogens is 492 g/mol. The first-order valence-corrected chi connectivity index (χ1v) is 14.7. The molecule has 2 aliphatic rings. The highest BCUT2D eigenvalue weighted by molar-refractivity contribution is 7.12. The SMILES string of the molecule is NC1CCCCC1NC(=O)c1ccc(CN2CCC(Cc3ccccc3)CC2)c(NC(=O)c2cccs2)c1. The van der Waals surface area contributed by atoms with Crippen molar-refractivity contribution < 1.29 is 9.59 Å². The monoisotopic (exact) mass is 530 g/mol. The van der Waals surface area contributed by atoms with E-state index in [0.717, 1.165) is 70.1 Å². The lowest BCUT2D eigenvalue weighted by Gasteiger charge is -2.32. The molecule has 1 aliphatic carbocycles. The number of likely N-dealkylation sites (tertiary alicyclic amines) is 1. The van der Waals surface area contributed by atoms with Gasteiger partial charge in [-0.15, -0.1) is 11.3 Å². The summed E-state index contributed by atoms with van der Waals surface area (Å²) in [7, 11) is 0. The van der Waals surface area contributed by atoms with E-state index in [1.807, 2.05) is 35.7 Å². The Morgan fingerprint density at radius 2 is 1.71 bits per heavy atom. The summed E-state index contributed by atoms with van der Waals surface area (Å²) in [6.45, 7) is 2.79. The number of nitrogens with zero attached hydrogens (tertiary/aromatic N) is 1. The van der Waals surface area contributed by atoms with Crippen LogP contribution >= 0.6 is 11.3 Å². The minimum atomic E-state index is -0.144. The highest BCUT2D eigenvalue weighted by Crippen LogP contribution is 2.27. The summed E-state index contributed by atoms with van der Waals surface area (Å²) in [5.74, 6) is 0.422. The molecule has 2 aromatic carbocycles. The van der Waals surface area contributed by atoms with E-state index >= 15 is 0 Å². The van der Waals surface area contributed by atoms with Gasteiger partial charge in [-0.25, -0.2) is 0 Å². The number of piperidine rings is 1. The number of carbonyl (C=O) groups is 2. The Morgan fingerprint density at radius 1 is 0.921 bits per heavy atom. The molecular formula is C31H38N4O2S. The van der Waals surface area contributed by atoms with Gasteiger partial charge in [0.25, 0.3) is 11.8 Å². The van der Waals surface area contributed by atoms with Gasteiger partial charge in [-0.05, 0) is 85.8 Å². The van der Waals surface area contributed by atoms with E-state index in [1.54, 1.807) is 0 Å². The Morgan fingerprint density at radius 3 is 2.45 bits per heavy atom. The number of nitrogens with two attached hydrogens (primary N) is 1. The molecule has 3 aromatic rings. The van der Waals surface area contributed by atoms with E-state index in [4.69, 9.17) is 5.73 Å². The van der Waals surface area contributed by atoms with Crippen LogP contribution in [0.2, 0.25) is 0 Å². The molecule has 4 N–H and O–H groups in total. The summed E-state index contributed by atoms with van der Waals surface area (Å²) < 4.78 is 0. The fraction of sp³-hybridized carbons (Fsp3) is 0.419. The summed E-state index contributed by atoms with van der Waals surface area (Å²) in [4.78, 5) is 29.2. The molecule has 200 valence electrons. The van der Waals surface area contributed by atoms with Crippen LogP contribution in [0.4, 0.5) is 5.69 Å². The van der Waals surface area contributed by atoms with Crippen LogP contribution in [0.15, 0.2) is 66.0 Å². The predicted octanol–water partition coefficient (Wildman–Crippen LogP) is 5.45. The molecule has 5 rings (SSSR count). The molecule has 2 amide bonds. The average Bonchev–Trinajstić information content (AvgIpc) is 3.48. The molecule has 2 unspecified atom stereocenters. The van der Waals surface area contributed by atoms with Crippen LogP contribution in [0.5, 0.6) is 0 Å². The van der Waals surface area contributed by atoms with Gasteiger partial charge in [0.1, 0.15) is 0 Å². The number of benzene rings is 2. The molecule has 0 spiro atoms. The molecule has 0 bridgehead atoms. The second-order valence-electron chi connectivity index (χ2n) is 10.7. The Balaban J connectivity index is 1.27. The lowest BCUT2D eigenvalue weighted by Crippen LogP contribution is -2.49. The number of amides is 2. The van der Waals surface area contributed by atoms with Crippen molar-refractivity contribution in [3.63, 3.8) is 0 Å². The topological polar surface area (TPSA) is 87.5 Å². The first kappa shape index (κ1) is 26.6. The second-order valence-corrected chi connectivity index (χ2v) is 11.7. The van der Waals surface area contributed by atoms with Crippen molar-refractivity contribution in [3.05, 3.63) is 87.6 Å². The van der Waals surface area contributed by atoms with E-state index in [2.05, 4.69) is 45.9 Å². The highest BCUT2D eigenvalue weighted by atomic mass is 32.1. The summed E-state index contributed by atoms with van der Waals surface area (Å²) in [6, 6.07) is 20.1. The maximum absolute atomic E-state index is 13.1. The zero-order chi connectivity index (χ0) is 26.3. The number of hydrogen-bond acceptors (Lipinski definition) is 5.